The molecule has 0 atom stereocenters. The maximum atomic E-state index is 9.08. The van der Waals surface area contributed by atoms with Crippen LogP contribution in [0, 0.1) is 18.5 Å². The minimum Gasteiger partial charge on any atom is -0.510 e. The second kappa shape index (κ2) is 16.7. The number of ether oxygens (including phenoxy) is 1. The van der Waals surface area contributed by atoms with Crippen LogP contribution in [0.1, 0.15) is 38.7 Å². The van der Waals surface area contributed by atoms with Crippen molar-refractivity contribution < 1.29 is 42.7 Å². The topological polar surface area (TPSA) is 35.9 Å². The predicted octanol–water partition coefficient (Wildman–Crippen LogP) is 13.9. The van der Waals surface area contributed by atoms with Crippen molar-refractivity contribution in [3.05, 3.63) is 224 Å². The molecule has 0 N–H and O–H groups in total. The van der Waals surface area contributed by atoms with E-state index in [-0.39, 0.29) is 60.9 Å². The molecule has 8 aromatic carbocycles. The maximum Gasteiger partial charge on any atom is 0.268 e. The fourth-order valence-electron chi connectivity index (χ4n) is 8.22. The molecule has 5 nitrogen and oxygen atoms in total. The third-order valence-corrected chi connectivity index (χ3v) is 11.2. The van der Waals surface area contributed by atoms with Gasteiger partial charge in [-0.1, -0.05) is 178 Å². The van der Waals surface area contributed by atoms with Gasteiger partial charge in [-0.3, -0.25) is 4.57 Å². The number of rotatable bonds is 8. The minimum absolute atomic E-state index is 0. The Kier molecular flexibility index (Phi) is 8.24. The van der Waals surface area contributed by atoms with E-state index < -0.39 is 42.3 Å². The summed E-state index contributed by atoms with van der Waals surface area (Å²) in [6, 6.07) is 47.0. The molecule has 0 saturated carbocycles. The summed E-state index contributed by atoms with van der Waals surface area (Å²) in [5.41, 5.74) is 7.09. The Hall–Kier alpha value is -7.33. The van der Waals surface area contributed by atoms with Gasteiger partial charge < -0.3 is 13.9 Å². The van der Waals surface area contributed by atoms with Gasteiger partial charge in [0.15, 0.2) is 0 Å². The molecule has 3 heterocycles. The molecule has 0 aliphatic carbocycles. The van der Waals surface area contributed by atoms with E-state index >= 15 is 0 Å². The van der Waals surface area contributed by atoms with Crippen LogP contribution in [0.15, 0.2) is 200 Å². The molecule has 11 aromatic rings. The first-order valence-electron chi connectivity index (χ1n) is 25.1. The van der Waals surface area contributed by atoms with Crippen molar-refractivity contribution in [3.63, 3.8) is 0 Å². The predicted molar refractivity (Wildman–Crippen MR) is 255 cm³/mol. The van der Waals surface area contributed by atoms with E-state index in [1.807, 2.05) is 103 Å². The van der Waals surface area contributed by atoms with Gasteiger partial charge in [0.2, 0.25) is 0 Å². The van der Waals surface area contributed by atoms with Crippen molar-refractivity contribution in [1.82, 2.24) is 14.1 Å². The number of pyridine rings is 1. The van der Waals surface area contributed by atoms with E-state index in [9.17, 15) is 0 Å². The molecule has 0 aliphatic rings. The molecule has 0 spiro atoms. The largest absolute Gasteiger partial charge is 0.510 e. The molecule has 64 heavy (non-hydrogen) atoms. The fourth-order valence-corrected chi connectivity index (χ4v) is 8.22. The van der Waals surface area contributed by atoms with E-state index in [1.54, 1.807) is 27.3 Å². The minimum atomic E-state index is -0.547. The molecular formula is C58H42N4OPt-2. The standard InChI is InChI=1S/C58H42N4O.Pt/c1-58(2,3)44-32-33-59-56(36-44)62-52-27-14-13-24-50(52)51-31-30-46(38-55(51)62)63-47-35-43(40-18-7-4-8-19-40)34-45(37-47)60-39-61(54-29-16-15-28-53(54)60)57-48(41-20-9-5-10-21-41)25-17-26-49(57)42-22-11-6-12-23-42;/h4-36H,1-3H3;/q-2;/i5D,6D,9D,10D,11D,12D,20D,21D,22D;. The van der Waals surface area contributed by atoms with Crippen molar-refractivity contribution in [2.45, 2.75) is 26.2 Å². The number of benzene rings is 8. The van der Waals surface area contributed by atoms with E-state index in [2.05, 4.69) is 62.0 Å². The number of nitrogens with zero attached hydrogens (tertiary/aromatic N) is 4. The molecule has 0 amide bonds. The Morgan fingerprint density at radius 1 is 0.594 bits per heavy atom. The van der Waals surface area contributed by atoms with E-state index in [0.29, 0.717) is 33.8 Å². The molecule has 3 aromatic heterocycles. The summed E-state index contributed by atoms with van der Waals surface area (Å²) in [7, 11) is 0. The third kappa shape index (κ3) is 7.42. The van der Waals surface area contributed by atoms with Crippen molar-refractivity contribution in [3.8, 4) is 62.1 Å². The van der Waals surface area contributed by atoms with E-state index in [4.69, 9.17) is 22.1 Å². The molecule has 6 heteroatoms. The van der Waals surface area contributed by atoms with Crippen LogP contribution >= 0.6 is 0 Å². The van der Waals surface area contributed by atoms with Crippen molar-refractivity contribution in [2.75, 3.05) is 0 Å². The first kappa shape index (κ1) is 31.5. The zero-order valence-electron chi connectivity index (χ0n) is 43.9. The molecular weight excluding hydrogens is 964 g/mol. The van der Waals surface area contributed by atoms with Gasteiger partial charge in [0.1, 0.15) is 5.82 Å². The number of hydrogen-bond donors (Lipinski definition) is 0. The quantitative estimate of drug-likeness (QED) is 0.112. The fraction of sp³-hybridized carbons (Fsp3) is 0.0690. The zero-order valence-corrected chi connectivity index (χ0v) is 37.1. The van der Waals surface area contributed by atoms with Gasteiger partial charge in [-0.15, -0.1) is 35.2 Å². The first-order valence-corrected chi connectivity index (χ1v) is 20.6. The van der Waals surface area contributed by atoms with Crippen LogP contribution in [-0.4, -0.2) is 14.1 Å². The average Bonchev–Trinajstić information content (AvgIpc) is 3.94. The van der Waals surface area contributed by atoms with Gasteiger partial charge in [0, 0.05) is 44.3 Å². The van der Waals surface area contributed by atoms with Crippen LogP contribution in [0.2, 0.25) is 0 Å². The molecule has 0 radical (unpaired) electrons. The maximum absolute atomic E-state index is 9.08. The van der Waals surface area contributed by atoms with Crippen LogP contribution < -0.4 is 9.30 Å². The van der Waals surface area contributed by atoms with Gasteiger partial charge in [-0.05, 0) is 68.1 Å². The summed E-state index contributed by atoms with van der Waals surface area (Å²) >= 11 is 0. The van der Waals surface area contributed by atoms with Crippen LogP contribution in [0.25, 0.3) is 83.4 Å². The average molecular weight is 1020 g/mol. The molecule has 0 fully saturated rings. The monoisotopic (exact) mass is 1010 g/mol. The number of aromatic nitrogens is 4. The van der Waals surface area contributed by atoms with E-state index in [0.717, 1.165) is 44.3 Å². The molecule has 11 rings (SSSR count). The third-order valence-electron chi connectivity index (χ3n) is 11.2. The zero-order chi connectivity index (χ0) is 50.3. The Morgan fingerprint density at radius 3 is 2.12 bits per heavy atom. The molecule has 0 unspecified atom stereocenters. The van der Waals surface area contributed by atoms with E-state index in [1.165, 1.54) is 6.07 Å². The molecule has 0 saturated heterocycles. The second-order valence-corrected chi connectivity index (χ2v) is 16.2. The Morgan fingerprint density at radius 2 is 1.31 bits per heavy atom. The Bertz CT molecular complexity index is 3990. The summed E-state index contributed by atoms with van der Waals surface area (Å²) in [6.45, 7) is 6.53. The molecule has 0 aliphatic heterocycles. The second-order valence-electron chi connectivity index (χ2n) is 16.2. The van der Waals surface area contributed by atoms with Crippen molar-refractivity contribution in [1.29, 1.82) is 0 Å². The number of imidazole rings is 1. The van der Waals surface area contributed by atoms with Crippen LogP contribution in [0.3, 0.4) is 0 Å². The van der Waals surface area contributed by atoms with Crippen molar-refractivity contribution >= 4 is 32.8 Å². The first-order chi connectivity index (χ1) is 34.6. The van der Waals surface area contributed by atoms with Gasteiger partial charge in [-0.2, -0.15) is 12.1 Å². The van der Waals surface area contributed by atoms with Crippen LogP contribution in [-0.2, 0) is 26.5 Å². The summed E-state index contributed by atoms with van der Waals surface area (Å²) in [6.07, 6.45) is 5.35. The van der Waals surface area contributed by atoms with Gasteiger partial charge in [-0.25, -0.2) is 4.98 Å². The normalized spacial score (nSPS) is 13.5. The van der Waals surface area contributed by atoms with Gasteiger partial charge in [0.25, 0.3) is 6.33 Å². The molecule has 0 bridgehead atoms. The number of para-hydroxylation sites is 4. The van der Waals surface area contributed by atoms with Crippen LogP contribution in [0.5, 0.6) is 11.5 Å². The number of fused-ring (bicyclic) bond motifs is 4. The van der Waals surface area contributed by atoms with Crippen LogP contribution in [0.4, 0.5) is 0 Å². The Labute approximate surface area is 400 Å². The van der Waals surface area contributed by atoms with Crippen molar-refractivity contribution in [2.24, 2.45) is 0 Å². The van der Waals surface area contributed by atoms with Gasteiger partial charge in [0.05, 0.1) is 29.1 Å². The smallest absolute Gasteiger partial charge is 0.268 e. The van der Waals surface area contributed by atoms with Gasteiger partial charge >= 0.3 is 0 Å². The SMILES string of the molecule is [2H]c1cc(-c2cccc(-c3c([2H])c([2H])c([2H])c([2H])c3[2H])c2-[n+]2[c-]n(-c3[c-]c(Oc4[c-]c5c(cc4)c4ccccc4n5-c4cc(C(C)(C)C)ccn4)cc(-c4ccccc4)c3)c3ccccc32)c([2H])c([2H])c1[2H].[Pt]. The summed E-state index contributed by atoms with van der Waals surface area (Å²) in [5.74, 6) is 1.57. The molecule has 312 valence electrons. The Balaban J connectivity index is 0.00000611. The summed E-state index contributed by atoms with van der Waals surface area (Å²) < 4.78 is 90.8. The summed E-state index contributed by atoms with van der Waals surface area (Å²) in [4.78, 5) is 4.84. The summed E-state index contributed by atoms with van der Waals surface area (Å²) in [5, 5.41) is 2.03. The number of hydrogen-bond acceptors (Lipinski definition) is 2.